The van der Waals surface area contributed by atoms with Gasteiger partial charge in [0.05, 0.1) is 12.5 Å². The molecule has 0 aromatic heterocycles. The van der Waals surface area contributed by atoms with E-state index in [-0.39, 0.29) is 5.92 Å². The van der Waals surface area contributed by atoms with E-state index in [2.05, 4.69) is 10.5 Å². The Morgan fingerprint density at radius 2 is 2.21 bits per heavy atom. The van der Waals surface area contributed by atoms with Crippen LogP contribution in [0.3, 0.4) is 0 Å². The molecular weight excluding hydrogens is 182 g/mol. The lowest BCUT2D eigenvalue weighted by atomic mass is 10.0. The second-order valence-corrected chi connectivity index (χ2v) is 2.75. The van der Waals surface area contributed by atoms with Crippen molar-refractivity contribution in [3.63, 3.8) is 0 Å². The topological polar surface area (TPSA) is 76.7 Å². The molecule has 3 N–H and O–H groups in total. The lowest BCUT2D eigenvalue weighted by molar-refractivity contribution is 0.249. The van der Waals surface area contributed by atoms with Crippen molar-refractivity contribution in [1.29, 1.82) is 0 Å². The van der Waals surface area contributed by atoms with E-state index in [0.29, 0.717) is 0 Å². The first kappa shape index (κ1) is 10.3. The number of ether oxygens (including phenoxy) is 1. The maximum Gasteiger partial charge on any atom is 0.332 e. The second-order valence-electron chi connectivity index (χ2n) is 2.75. The molecule has 1 aliphatic rings. The molecule has 0 aliphatic carbocycles. The van der Waals surface area contributed by atoms with Crippen LogP contribution >= 0.6 is 0 Å². The summed E-state index contributed by atoms with van der Waals surface area (Å²) in [4.78, 5) is 10.4. The highest BCUT2D eigenvalue weighted by Crippen LogP contribution is 2.11. The first-order valence-electron chi connectivity index (χ1n) is 4.34. The summed E-state index contributed by atoms with van der Waals surface area (Å²) < 4.78 is 4.89. The van der Waals surface area contributed by atoms with Crippen molar-refractivity contribution in [1.82, 2.24) is 5.43 Å². The van der Waals surface area contributed by atoms with Crippen LogP contribution in [0, 0.1) is 5.92 Å². The van der Waals surface area contributed by atoms with Gasteiger partial charge in [-0.1, -0.05) is 6.92 Å². The van der Waals surface area contributed by atoms with Gasteiger partial charge in [-0.25, -0.2) is 10.2 Å². The lowest BCUT2D eigenvalue weighted by Crippen LogP contribution is -2.27. The number of carbonyl (C=O) groups is 1. The van der Waals surface area contributed by atoms with E-state index < -0.39 is 6.03 Å². The number of rotatable bonds is 3. The van der Waals surface area contributed by atoms with Gasteiger partial charge in [0.15, 0.2) is 0 Å². The average Bonchev–Trinajstić information content (AvgIpc) is 2.20. The number of nitrogens with two attached hydrogens (primary N) is 1. The van der Waals surface area contributed by atoms with Crippen LogP contribution in [0.1, 0.15) is 13.3 Å². The van der Waals surface area contributed by atoms with E-state index in [4.69, 9.17) is 10.5 Å². The van der Waals surface area contributed by atoms with Crippen molar-refractivity contribution < 1.29 is 9.53 Å². The number of hydrogen-bond donors (Lipinski definition) is 2. The molecule has 14 heavy (non-hydrogen) atoms. The minimum Gasteiger partial charge on any atom is -0.473 e. The molecule has 76 valence electrons. The summed E-state index contributed by atoms with van der Waals surface area (Å²) in [5, 5.41) is 3.90. The van der Waals surface area contributed by atoms with E-state index in [1.807, 2.05) is 19.1 Å². The van der Waals surface area contributed by atoms with Crippen LogP contribution in [0.15, 0.2) is 29.8 Å². The van der Waals surface area contributed by atoms with E-state index in [0.717, 1.165) is 12.1 Å². The molecule has 0 aromatic rings. The van der Waals surface area contributed by atoms with Crippen LogP contribution in [0.25, 0.3) is 0 Å². The normalized spacial score (nSPS) is 16.5. The summed E-state index contributed by atoms with van der Waals surface area (Å²) in [5.41, 5.74) is 7.95. The van der Waals surface area contributed by atoms with Gasteiger partial charge in [-0.2, -0.15) is 5.10 Å². The molecule has 5 heteroatoms. The molecule has 0 fully saturated rings. The number of allylic oxidation sites excluding steroid dienone is 2. The predicted octanol–water partition coefficient (Wildman–Crippen LogP) is 1.09. The Hall–Kier alpha value is -1.78. The summed E-state index contributed by atoms with van der Waals surface area (Å²) in [6.45, 7) is 1.96. The SMILES string of the molecule is CCC(=NNC(N)=O)C1C=COC=C1. The summed E-state index contributed by atoms with van der Waals surface area (Å²) >= 11 is 0. The van der Waals surface area contributed by atoms with E-state index >= 15 is 0 Å². The van der Waals surface area contributed by atoms with Crippen molar-refractivity contribution in [3.05, 3.63) is 24.7 Å². The number of hydrogen-bond acceptors (Lipinski definition) is 3. The summed E-state index contributed by atoms with van der Waals surface area (Å²) in [7, 11) is 0. The zero-order valence-electron chi connectivity index (χ0n) is 7.93. The number of hydrazone groups is 1. The number of amides is 2. The number of primary amides is 1. The highest BCUT2D eigenvalue weighted by Gasteiger charge is 2.10. The van der Waals surface area contributed by atoms with Crippen LogP contribution in [-0.4, -0.2) is 11.7 Å². The Labute approximate surface area is 82.3 Å². The Morgan fingerprint density at radius 3 is 2.71 bits per heavy atom. The van der Waals surface area contributed by atoms with Gasteiger partial charge < -0.3 is 10.5 Å². The number of nitrogens with one attached hydrogen (secondary N) is 1. The molecule has 0 unspecified atom stereocenters. The minimum atomic E-state index is -0.657. The van der Waals surface area contributed by atoms with Crippen LogP contribution in [-0.2, 0) is 4.74 Å². The second kappa shape index (κ2) is 5.06. The lowest BCUT2D eigenvalue weighted by Gasteiger charge is -2.12. The molecule has 0 spiro atoms. The van der Waals surface area contributed by atoms with E-state index in [1.165, 1.54) is 0 Å². The largest absolute Gasteiger partial charge is 0.473 e. The van der Waals surface area contributed by atoms with Gasteiger partial charge in [0.1, 0.15) is 0 Å². The fourth-order valence-electron chi connectivity index (χ4n) is 1.11. The van der Waals surface area contributed by atoms with Crippen molar-refractivity contribution in [2.24, 2.45) is 16.8 Å². The standard InChI is InChI=1S/C9H13N3O2/c1-2-8(11-12-9(10)13)7-3-5-14-6-4-7/h3-7H,2H2,1H3,(H3,10,12,13). The molecule has 1 rings (SSSR count). The smallest absolute Gasteiger partial charge is 0.332 e. The zero-order valence-corrected chi connectivity index (χ0v) is 7.93. The summed E-state index contributed by atoms with van der Waals surface area (Å²) in [6.07, 6.45) is 7.61. The molecule has 0 radical (unpaired) electrons. The highest BCUT2D eigenvalue weighted by molar-refractivity contribution is 5.90. The molecule has 2 amide bonds. The van der Waals surface area contributed by atoms with Crippen LogP contribution in [0.4, 0.5) is 4.79 Å². The van der Waals surface area contributed by atoms with Gasteiger partial charge in [0.25, 0.3) is 0 Å². The highest BCUT2D eigenvalue weighted by atomic mass is 16.5. The van der Waals surface area contributed by atoms with Crippen molar-refractivity contribution in [2.75, 3.05) is 0 Å². The van der Waals surface area contributed by atoms with Gasteiger partial charge in [0.2, 0.25) is 0 Å². The maximum absolute atomic E-state index is 10.4. The third-order valence-corrected chi connectivity index (χ3v) is 1.79. The number of urea groups is 1. The number of carbonyl (C=O) groups excluding carboxylic acids is 1. The van der Waals surface area contributed by atoms with E-state index in [1.54, 1.807) is 12.5 Å². The molecule has 1 heterocycles. The Morgan fingerprint density at radius 1 is 1.57 bits per heavy atom. The van der Waals surface area contributed by atoms with Gasteiger partial charge in [-0.15, -0.1) is 0 Å². The molecule has 1 aliphatic heterocycles. The minimum absolute atomic E-state index is 0.0700. The fraction of sp³-hybridized carbons (Fsp3) is 0.333. The Bertz CT molecular complexity index is 282. The van der Waals surface area contributed by atoms with Crippen molar-refractivity contribution in [2.45, 2.75) is 13.3 Å². The monoisotopic (exact) mass is 195 g/mol. The van der Waals surface area contributed by atoms with Gasteiger partial charge in [0, 0.05) is 11.6 Å². The molecule has 0 atom stereocenters. The van der Waals surface area contributed by atoms with Gasteiger partial charge >= 0.3 is 6.03 Å². The zero-order chi connectivity index (χ0) is 10.4. The van der Waals surface area contributed by atoms with Crippen molar-refractivity contribution >= 4 is 11.7 Å². The van der Waals surface area contributed by atoms with Crippen molar-refractivity contribution in [3.8, 4) is 0 Å². The molecule has 5 nitrogen and oxygen atoms in total. The molecule has 0 saturated carbocycles. The average molecular weight is 195 g/mol. The maximum atomic E-state index is 10.4. The Kier molecular flexibility index (Phi) is 3.72. The third kappa shape index (κ3) is 2.93. The quantitative estimate of drug-likeness (QED) is 0.522. The number of nitrogens with zero attached hydrogens (tertiary/aromatic N) is 1. The van der Waals surface area contributed by atoms with Crippen LogP contribution in [0.2, 0.25) is 0 Å². The third-order valence-electron chi connectivity index (χ3n) is 1.79. The Balaban J connectivity index is 2.64. The summed E-state index contributed by atoms with van der Waals surface area (Å²) in [6, 6.07) is -0.657. The molecule has 0 bridgehead atoms. The molecule has 0 aromatic carbocycles. The molecule has 0 saturated heterocycles. The molecular formula is C9H13N3O2. The fourth-order valence-corrected chi connectivity index (χ4v) is 1.11. The first-order valence-corrected chi connectivity index (χ1v) is 4.34. The summed E-state index contributed by atoms with van der Waals surface area (Å²) in [5.74, 6) is 0.0700. The predicted molar refractivity (Wildman–Crippen MR) is 53.3 cm³/mol. The first-order chi connectivity index (χ1) is 6.74. The van der Waals surface area contributed by atoms with Gasteiger partial charge in [-0.05, 0) is 18.6 Å². The van der Waals surface area contributed by atoms with Crippen LogP contribution in [0.5, 0.6) is 0 Å². The van der Waals surface area contributed by atoms with Gasteiger partial charge in [-0.3, -0.25) is 0 Å². The van der Waals surface area contributed by atoms with E-state index in [9.17, 15) is 4.79 Å². The van der Waals surface area contributed by atoms with Crippen LogP contribution < -0.4 is 11.2 Å².